The number of rotatable bonds is 9. The van der Waals surface area contributed by atoms with Gasteiger partial charge in [-0.15, -0.1) is 0 Å². The monoisotopic (exact) mass is 506 g/mol. The maximum Gasteiger partial charge on any atom is 0.414 e. The van der Waals surface area contributed by atoms with E-state index in [1.54, 1.807) is 21.3 Å². The minimum Gasteiger partial charge on any atom is -0.502 e. The first-order valence-corrected chi connectivity index (χ1v) is 11.4. The highest BCUT2D eigenvalue weighted by Crippen LogP contribution is 2.37. The second-order valence-corrected chi connectivity index (χ2v) is 7.93. The summed E-state index contributed by atoms with van der Waals surface area (Å²) in [6.45, 7) is 8.19. The molecular formula is C25H34N2O9. The van der Waals surface area contributed by atoms with Gasteiger partial charge in [-0.2, -0.15) is 0 Å². The molecule has 3 rings (SSSR count). The molecule has 1 saturated heterocycles. The highest BCUT2D eigenvalue weighted by Gasteiger charge is 2.19. The Kier molecular flexibility index (Phi) is 11.1. The average molecular weight is 507 g/mol. The van der Waals surface area contributed by atoms with E-state index in [9.17, 15) is 5.11 Å². The van der Waals surface area contributed by atoms with Crippen molar-refractivity contribution in [3.8, 4) is 28.7 Å². The number of hydrogen-bond donors (Lipinski definition) is 3. The largest absolute Gasteiger partial charge is 0.502 e. The van der Waals surface area contributed by atoms with Gasteiger partial charge in [0, 0.05) is 39.3 Å². The number of aromatic hydroxyl groups is 1. The third kappa shape index (κ3) is 8.21. The van der Waals surface area contributed by atoms with Crippen LogP contribution < -0.4 is 18.9 Å². The number of benzene rings is 2. The van der Waals surface area contributed by atoms with E-state index in [0.717, 1.165) is 56.3 Å². The zero-order chi connectivity index (χ0) is 26.7. The minimum atomic E-state index is -1.82. The summed E-state index contributed by atoms with van der Waals surface area (Å²) in [5.74, 6) is -1.17. The first-order valence-electron chi connectivity index (χ1n) is 11.4. The summed E-state index contributed by atoms with van der Waals surface area (Å²) in [6, 6.07) is 9.89. The zero-order valence-corrected chi connectivity index (χ0v) is 21.0. The van der Waals surface area contributed by atoms with Crippen molar-refractivity contribution in [2.24, 2.45) is 0 Å². The van der Waals surface area contributed by atoms with E-state index >= 15 is 0 Å². The standard InChI is InChI=1S/C23H32N2O5.C2H2O4/c1-5-30-20-12-17(6-7-19(20)27-2)15-24-8-10-25(11-9-24)16-18-13-21(28-3)23(26)22(14-18)29-4;3-1(4)2(5)6/h6-7,12-14,26H,5,8-11,15-16H2,1-4H3;(H,3,4)(H,5,6). The second kappa shape index (κ2) is 14.0. The normalized spacial score (nSPS) is 13.8. The van der Waals surface area contributed by atoms with E-state index in [1.807, 2.05) is 25.1 Å². The number of phenolic OH excluding ortho intramolecular Hbond substituents is 1. The van der Waals surface area contributed by atoms with Gasteiger partial charge in [0.2, 0.25) is 5.75 Å². The van der Waals surface area contributed by atoms with Crippen molar-refractivity contribution in [3.63, 3.8) is 0 Å². The number of carboxylic acid groups (broad SMARTS) is 2. The van der Waals surface area contributed by atoms with Gasteiger partial charge < -0.3 is 34.3 Å². The maximum absolute atomic E-state index is 10.1. The predicted octanol–water partition coefficient (Wildman–Crippen LogP) is 2.29. The number of aliphatic carboxylic acids is 2. The average Bonchev–Trinajstić information content (AvgIpc) is 2.87. The Hall–Kier alpha value is -3.70. The molecule has 0 aromatic heterocycles. The molecule has 0 unspecified atom stereocenters. The summed E-state index contributed by atoms with van der Waals surface area (Å²) in [5.41, 5.74) is 2.28. The molecule has 11 heteroatoms. The highest BCUT2D eigenvalue weighted by molar-refractivity contribution is 6.27. The fraction of sp³-hybridized carbons (Fsp3) is 0.440. The van der Waals surface area contributed by atoms with Crippen LogP contribution in [0.4, 0.5) is 0 Å². The van der Waals surface area contributed by atoms with Gasteiger partial charge in [-0.3, -0.25) is 9.80 Å². The van der Waals surface area contributed by atoms with Crippen LogP contribution in [0.2, 0.25) is 0 Å². The smallest absolute Gasteiger partial charge is 0.414 e. The Balaban J connectivity index is 0.000000678. The van der Waals surface area contributed by atoms with Crippen molar-refractivity contribution in [1.82, 2.24) is 9.80 Å². The first-order chi connectivity index (χ1) is 17.2. The van der Waals surface area contributed by atoms with E-state index in [-0.39, 0.29) is 5.75 Å². The Morgan fingerprint density at radius 2 is 1.19 bits per heavy atom. The van der Waals surface area contributed by atoms with Crippen LogP contribution in [0, 0.1) is 0 Å². The molecule has 11 nitrogen and oxygen atoms in total. The topological polar surface area (TPSA) is 138 Å². The number of methoxy groups -OCH3 is 3. The molecule has 0 aliphatic carbocycles. The van der Waals surface area contributed by atoms with Crippen LogP contribution in [0.5, 0.6) is 28.7 Å². The third-order valence-corrected chi connectivity index (χ3v) is 5.53. The van der Waals surface area contributed by atoms with Crippen molar-refractivity contribution in [1.29, 1.82) is 0 Å². The van der Waals surface area contributed by atoms with Gasteiger partial charge in [-0.1, -0.05) is 6.07 Å². The van der Waals surface area contributed by atoms with Gasteiger partial charge in [-0.25, -0.2) is 9.59 Å². The van der Waals surface area contributed by atoms with Gasteiger partial charge in [0.15, 0.2) is 23.0 Å². The highest BCUT2D eigenvalue weighted by atomic mass is 16.5. The van der Waals surface area contributed by atoms with Crippen LogP contribution in [-0.2, 0) is 22.7 Å². The lowest BCUT2D eigenvalue weighted by Gasteiger charge is -2.35. The summed E-state index contributed by atoms with van der Waals surface area (Å²) < 4.78 is 21.6. The molecule has 36 heavy (non-hydrogen) atoms. The van der Waals surface area contributed by atoms with Crippen molar-refractivity contribution < 1.29 is 43.9 Å². The molecule has 0 bridgehead atoms. The molecule has 2 aromatic carbocycles. The number of carboxylic acids is 2. The van der Waals surface area contributed by atoms with Crippen LogP contribution in [0.1, 0.15) is 18.1 Å². The molecule has 1 aliphatic heterocycles. The second-order valence-electron chi connectivity index (χ2n) is 7.93. The lowest BCUT2D eigenvalue weighted by Crippen LogP contribution is -2.45. The molecule has 3 N–H and O–H groups in total. The van der Waals surface area contributed by atoms with Crippen LogP contribution in [0.25, 0.3) is 0 Å². The molecule has 0 spiro atoms. The molecule has 2 aromatic rings. The minimum absolute atomic E-state index is 0.0412. The van der Waals surface area contributed by atoms with Gasteiger partial charge in [0.25, 0.3) is 0 Å². The lowest BCUT2D eigenvalue weighted by molar-refractivity contribution is -0.159. The van der Waals surface area contributed by atoms with E-state index in [4.69, 9.17) is 38.7 Å². The van der Waals surface area contributed by atoms with Gasteiger partial charge in [-0.05, 0) is 42.3 Å². The summed E-state index contributed by atoms with van der Waals surface area (Å²) in [6.07, 6.45) is 0. The number of carbonyl (C=O) groups is 2. The molecule has 1 aliphatic rings. The van der Waals surface area contributed by atoms with Crippen molar-refractivity contribution in [2.75, 3.05) is 54.1 Å². The maximum atomic E-state index is 10.1. The van der Waals surface area contributed by atoms with Crippen LogP contribution >= 0.6 is 0 Å². The molecule has 0 radical (unpaired) electrons. The van der Waals surface area contributed by atoms with Crippen molar-refractivity contribution in [2.45, 2.75) is 20.0 Å². The molecule has 198 valence electrons. The Bertz CT molecular complexity index is 984. The van der Waals surface area contributed by atoms with Crippen LogP contribution in [0.15, 0.2) is 30.3 Å². The number of phenols is 1. The summed E-state index contributed by atoms with van der Waals surface area (Å²) in [5, 5.41) is 24.9. The molecule has 0 atom stereocenters. The molecular weight excluding hydrogens is 472 g/mol. The number of ether oxygens (including phenoxy) is 4. The summed E-state index contributed by atoms with van der Waals surface area (Å²) in [7, 11) is 4.76. The number of nitrogens with zero attached hydrogens (tertiary/aromatic N) is 2. The predicted molar refractivity (Wildman–Crippen MR) is 131 cm³/mol. The van der Waals surface area contributed by atoms with Crippen molar-refractivity contribution >= 4 is 11.9 Å². The van der Waals surface area contributed by atoms with Crippen molar-refractivity contribution in [3.05, 3.63) is 41.5 Å². The first kappa shape index (κ1) is 28.5. The number of piperazine rings is 1. The van der Waals surface area contributed by atoms with Crippen LogP contribution in [0.3, 0.4) is 0 Å². The summed E-state index contributed by atoms with van der Waals surface area (Å²) in [4.78, 5) is 23.1. The fourth-order valence-electron chi connectivity index (χ4n) is 3.75. The van der Waals surface area contributed by atoms with Gasteiger partial charge in [0.1, 0.15) is 0 Å². The van der Waals surface area contributed by atoms with Gasteiger partial charge in [0.05, 0.1) is 27.9 Å². The molecule has 1 heterocycles. The van der Waals surface area contributed by atoms with E-state index in [2.05, 4.69) is 21.9 Å². The van der Waals surface area contributed by atoms with Crippen LogP contribution in [-0.4, -0.2) is 91.2 Å². The number of hydrogen-bond acceptors (Lipinski definition) is 9. The van der Waals surface area contributed by atoms with E-state index in [1.165, 1.54) is 5.56 Å². The van der Waals surface area contributed by atoms with E-state index in [0.29, 0.717) is 18.1 Å². The molecule has 1 fully saturated rings. The lowest BCUT2D eigenvalue weighted by atomic mass is 10.1. The summed E-state index contributed by atoms with van der Waals surface area (Å²) >= 11 is 0. The zero-order valence-electron chi connectivity index (χ0n) is 21.0. The third-order valence-electron chi connectivity index (χ3n) is 5.53. The quantitative estimate of drug-likeness (QED) is 0.432. The molecule has 0 saturated carbocycles. The SMILES string of the molecule is CCOc1cc(CN2CCN(Cc3cc(OC)c(O)c(OC)c3)CC2)ccc1OC.O=C(O)C(=O)O. The fourth-order valence-corrected chi connectivity index (χ4v) is 3.75. The Labute approximate surface area is 210 Å². The Morgan fingerprint density at radius 1 is 0.750 bits per heavy atom. The molecule has 0 amide bonds. The van der Waals surface area contributed by atoms with E-state index < -0.39 is 11.9 Å². The Morgan fingerprint density at radius 3 is 1.61 bits per heavy atom. The van der Waals surface area contributed by atoms with Gasteiger partial charge >= 0.3 is 11.9 Å².